The van der Waals surface area contributed by atoms with Gasteiger partial charge in [0.15, 0.2) is 0 Å². The molecule has 4 aromatic rings. The Morgan fingerprint density at radius 2 is 2.19 bits per heavy atom. The lowest BCUT2D eigenvalue weighted by atomic mass is 10.1. The molecule has 32 heavy (non-hydrogen) atoms. The van der Waals surface area contributed by atoms with Gasteiger partial charge in [0.2, 0.25) is 5.91 Å². The lowest BCUT2D eigenvalue weighted by molar-refractivity contribution is -0.117. The summed E-state index contributed by atoms with van der Waals surface area (Å²) < 4.78 is 1.69. The average molecular weight is 429 g/mol. The van der Waals surface area contributed by atoms with E-state index in [1.807, 2.05) is 31.3 Å². The second kappa shape index (κ2) is 8.01. The summed E-state index contributed by atoms with van der Waals surface area (Å²) in [7, 11) is 0. The van der Waals surface area contributed by atoms with Crippen LogP contribution in [0.1, 0.15) is 23.5 Å². The van der Waals surface area contributed by atoms with Crippen molar-refractivity contribution in [2.45, 2.75) is 25.8 Å². The molecule has 9 nitrogen and oxygen atoms in total. The van der Waals surface area contributed by atoms with Gasteiger partial charge in [-0.25, -0.2) is 9.97 Å². The van der Waals surface area contributed by atoms with E-state index in [1.54, 1.807) is 29.5 Å². The molecule has 4 N–H and O–H groups in total. The number of aliphatic hydroxyl groups is 1. The third-order valence-corrected chi connectivity index (χ3v) is 5.85. The molecule has 5 rings (SSSR count). The lowest BCUT2D eigenvalue weighted by Crippen LogP contribution is -2.15. The SMILES string of the molecule is Cc1ccncc1-c1cc2cc(NC(=O)[C@@H]3C[C@H]3c3cnn(CCO)c3)ncc2c(N)n1. The predicted octanol–water partition coefficient (Wildman–Crippen LogP) is 2.51. The van der Waals surface area contributed by atoms with Gasteiger partial charge in [0, 0.05) is 41.7 Å². The van der Waals surface area contributed by atoms with E-state index in [9.17, 15) is 4.79 Å². The first-order chi connectivity index (χ1) is 15.5. The highest BCUT2D eigenvalue weighted by atomic mass is 16.3. The van der Waals surface area contributed by atoms with E-state index >= 15 is 0 Å². The molecule has 0 radical (unpaired) electrons. The minimum Gasteiger partial charge on any atom is -0.394 e. The van der Waals surface area contributed by atoms with Gasteiger partial charge in [0.25, 0.3) is 0 Å². The number of pyridine rings is 3. The number of anilines is 2. The molecule has 0 spiro atoms. The van der Waals surface area contributed by atoms with Crippen molar-refractivity contribution < 1.29 is 9.90 Å². The molecule has 162 valence electrons. The normalized spacial score (nSPS) is 17.4. The van der Waals surface area contributed by atoms with Gasteiger partial charge < -0.3 is 16.2 Å². The van der Waals surface area contributed by atoms with Crippen LogP contribution in [0.2, 0.25) is 0 Å². The molecule has 4 aromatic heterocycles. The summed E-state index contributed by atoms with van der Waals surface area (Å²) in [6, 6.07) is 5.68. The number of nitrogens with two attached hydrogens (primary N) is 1. The summed E-state index contributed by atoms with van der Waals surface area (Å²) in [5.74, 6) is 0.817. The molecule has 1 amide bonds. The summed E-state index contributed by atoms with van der Waals surface area (Å²) >= 11 is 0. The van der Waals surface area contributed by atoms with Crippen molar-refractivity contribution in [3.8, 4) is 11.3 Å². The molecule has 0 aromatic carbocycles. The number of carbonyl (C=O) groups is 1. The molecule has 2 atom stereocenters. The first-order valence-corrected chi connectivity index (χ1v) is 10.4. The van der Waals surface area contributed by atoms with Crippen LogP contribution in [0.15, 0.2) is 49.2 Å². The number of hydrogen-bond donors (Lipinski definition) is 3. The van der Waals surface area contributed by atoms with Gasteiger partial charge in [-0.2, -0.15) is 5.10 Å². The van der Waals surface area contributed by atoms with Gasteiger partial charge in [-0.15, -0.1) is 0 Å². The van der Waals surface area contributed by atoms with Crippen LogP contribution in [0, 0.1) is 12.8 Å². The van der Waals surface area contributed by atoms with Gasteiger partial charge in [-0.05, 0) is 54.0 Å². The van der Waals surface area contributed by atoms with Gasteiger partial charge in [0.1, 0.15) is 11.6 Å². The Bertz CT molecular complexity index is 1320. The monoisotopic (exact) mass is 429 g/mol. The molecule has 1 saturated carbocycles. The standard InChI is InChI=1S/C23H23N7O2/c1-13-2-3-25-10-18(13)20-6-14-7-21(26-11-19(14)22(24)28-20)29-23(32)17-8-16(17)15-9-27-30(12-15)4-5-31/h2-3,6-7,9-12,16-17,31H,4-5,8H2,1H3,(H2,24,28)(H,26,29,32)/t16-,17+/m0/s1. The van der Waals surface area contributed by atoms with E-state index in [0.717, 1.165) is 39.6 Å². The zero-order valence-corrected chi connectivity index (χ0v) is 17.6. The molecule has 0 saturated heterocycles. The van der Waals surface area contributed by atoms with Gasteiger partial charge in [0.05, 0.1) is 25.0 Å². The molecule has 0 bridgehead atoms. The van der Waals surface area contributed by atoms with E-state index < -0.39 is 0 Å². The second-order valence-corrected chi connectivity index (χ2v) is 8.07. The van der Waals surface area contributed by atoms with Crippen LogP contribution in [0.4, 0.5) is 11.6 Å². The fourth-order valence-electron chi connectivity index (χ4n) is 3.98. The Balaban J connectivity index is 1.35. The van der Waals surface area contributed by atoms with Crippen LogP contribution in [0.25, 0.3) is 22.0 Å². The zero-order chi connectivity index (χ0) is 22.2. The summed E-state index contributed by atoms with van der Waals surface area (Å²) in [6.07, 6.45) is 9.56. The number of carbonyl (C=O) groups excluding carboxylic acids is 1. The molecular formula is C23H23N7O2. The predicted molar refractivity (Wildman–Crippen MR) is 121 cm³/mol. The van der Waals surface area contributed by atoms with Crippen LogP contribution in [0.3, 0.4) is 0 Å². The number of nitrogens with one attached hydrogen (secondary N) is 1. The quantitative estimate of drug-likeness (QED) is 0.429. The van der Waals surface area contributed by atoms with Crippen molar-refractivity contribution in [2.75, 3.05) is 17.7 Å². The highest BCUT2D eigenvalue weighted by Crippen LogP contribution is 2.47. The minimum absolute atomic E-state index is 0.0332. The Morgan fingerprint density at radius 3 is 3.00 bits per heavy atom. The minimum atomic E-state index is -0.115. The summed E-state index contributed by atoms with van der Waals surface area (Å²) in [5, 5.41) is 17.7. The molecule has 0 aliphatic heterocycles. The number of aliphatic hydroxyl groups excluding tert-OH is 1. The van der Waals surface area contributed by atoms with E-state index in [4.69, 9.17) is 10.8 Å². The van der Waals surface area contributed by atoms with Crippen molar-refractivity contribution in [3.63, 3.8) is 0 Å². The number of fused-ring (bicyclic) bond motifs is 1. The van der Waals surface area contributed by atoms with Gasteiger partial charge in [-0.3, -0.25) is 14.5 Å². The first kappa shape index (κ1) is 20.1. The summed E-state index contributed by atoms with van der Waals surface area (Å²) in [4.78, 5) is 25.8. The number of nitrogen functional groups attached to an aromatic ring is 1. The van der Waals surface area contributed by atoms with Crippen LogP contribution < -0.4 is 11.1 Å². The number of rotatable bonds is 6. The van der Waals surface area contributed by atoms with E-state index in [0.29, 0.717) is 18.2 Å². The fraction of sp³-hybridized carbons (Fsp3) is 0.261. The Kier molecular flexibility index (Phi) is 5.02. The molecule has 1 aliphatic rings. The lowest BCUT2D eigenvalue weighted by Gasteiger charge is -2.10. The van der Waals surface area contributed by atoms with E-state index in [2.05, 4.69) is 25.4 Å². The Hall–Kier alpha value is -3.85. The highest BCUT2D eigenvalue weighted by Gasteiger charge is 2.44. The maximum absolute atomic E-state index is 12.8. The van der Waals surface area contributed by atoms with Gasteiger partial charge in [-0.1, -0.05) is 0 Å². The maximum atomic E-state index is 12.8. The van der Waals surface area contributed by atoms with Crippen molar-refractivity contribution >= 4 is 28.3 Å². The van der Waals surface area contributed by atoms with E-state index in [1.165, 1.54) is 0 Å². The topological polar surface area (TPSA) is 132 Å². The number of aryl methyl sites for hydroxylation is 1. The largest absolute Gasteiger partial charge is 0.394 e. The Morgan fingerprint density at radius 1 is 1.31 bits per heavy atom. The van der Waals surface area contributed by atoms with Crippen LogP contribution >= 0.6 is 0 Å². The Labute approximate surface area is 184 Å². The molecule has 9 heteroatoms. The second-order valence-electron chi connectivity index (χ2n) is 8.07. The highest BCUT2D eigenvalue weighted by molar-refractivity contribution is 5.98. The number of hydrogen-bond acceptors (Lipinski definition) is 7. The van der Waals surface area contributed by atoms with Gasteiger partial charge >= 0.3 is 0 Å². The van der Waals surface area contributed by atoms with Crippen LogP contribution in [-0.2, 0) is 11.3 Å². The van der Waals surface area contributed by atoms with Crippen molar-refractivity contribution in [1.82, 2.24) is 24.7 Å². The number of nitrogens with zero attached hydrogens (tertiary/aromatic N) is 5. The van der Waals surface area contributed by atoms with E-state index in [-0.39, 0.29) is 24.3 Å². The molecule has 4 heterocycles. The molecule has 1 fully saturated rings. The third kappa shape index (κ3) is 3.78. The molecular weight excluding hydrogens is 406 g/mol. The van der Waals surface area contributed by atoms with Crippen molar-refractivity contribution in [3.05, 3.63) is 60.3 Å². The maximum Gasteiger partial charge on any atom is 0.229 e. The molecule has 1 aliphatic carbocycles. The summed E-state index contributed by atoms with van der Waals surface area (Å²) in [5.41, 5.74) is 9.88. The molecule has 0 unspecified atom stereocenters. The average Bonchev–Trinajstić information content (AvgIpc) is 3.45. The van der Waals surface area contributed by atoms with Crippen molar-refractivity contribution in [1.29, 1.82) is 0 Å². The fourth-order valence-corrected chi connectivity index (χ4v) is 3.98. The zero-order valence-electron chi connectivity index (χ0n) is 17.6. The van der Waals surface area contributed by atoms with Crippen LogP contribution in [0.5, 0.6) is 0 Å². The number of amides is 1. The smallest absolute Gasteiger partial charge is 0.229 e. The summed E-state index contributed by atoms with van der Waals surface area (Å²) in [6.45, 7) is 2.48. The third-order valence-electron chi connectivity index (χ3n) is 5.85. The van der Waals surface area contributed by atoms with Crippen molar-refractivity contribution in [2.24, 2.45) is 5.92 Å². The number of aromatic nitrogens is 5. The first-order valence-electron chi connectivity index (χ1n) is 10.4. The van der Waals surface area contributed by atoms with Crippen LogP contribution in [-0.4, -0.2) is 42.4 Å².